The van der Waals surface area contributed by atoms with Crippen molar-refractivity contribution in [2.45, 2.75) is 66.2 Å². The van der Waals surface area contributed by atoms with Gasteiger partial charge < -0.3 is 0 Å². The van der Waals surface area contributed by atoms with Crippen LogP contribution in [0, 0.1) is 27.7 Å². The molecular formula is C24H26S2. The predicted octanol–water partition coefficient (Wildman–Crippen LogP) is 7.66. The molecule has 0 radical (unpaired) electrons. The first-order valence-corrected chi connectivity index (χ1v) is 11.1. The Morgan fingerprint density at radius 2 is 0.962 bits per heavy atom. The monoisotopic (exact) mass is 378 g/mol. The maximum absolute atomic E-state index is 2.43. The van der Waals surface area contributed by atoms with E-state index in [2.05, 4.69) is 67.5 Å². The minimum atomic E-state index is 0.0957. The lowest BCUT2D eigenvalue weighted by molar-refractivity contribution is 0.645. The van der Waals surface area contributed by atoms with Crippen molar-refractivity contribution in [3.8, 4) is 20.9 Å². The maximum atomic E-state index is 2.43. The molecule has 0 unspecified atom stereocenters. The van der Waals surface area contributed by atoms with E-state index in [0.717, 1.165) is 0 Å². The molecule has 0 amide bonds. The summed E-state index contributed by atoms with van der Waals surface area (Å²) in [7, 11) is 0. The Hall–Kier alpha value is -1.38. The molecule has 2 heterocycles. The van der Waals surface area contributed by atoms with Crippen LogP contribution >= 0.6 is 22.7 Å². The molecular weight excluding hydrogens is 352 g/mol. The van der Waals surface area contributed by atoms with Gasteiger partial charge in [0.15, 0.2) is 0 Å². The minimum Gasteiger partial charge on any atom is -0.140 e. The molecule has 0 N–H and O–H groups in total. The first kappa shape index (κ1) is 16.8. The van der Waals surface area contributed by atoms with Crippen LogP contribution in [0.15, 0.2) is 12.1 Å². The van der Waals surface area contributed by atoms with E-state index in [4.69, 9.17) is 0 Å². The second-order valence-electron chi connectivity index (χ2n) is 9.20. The molecule has 0 aliphatic heterocycles. The van der Waals surface area contributed by atoms with E-state index in [-0.39, 0.29) is 10.8 Å². The molecule has 5 rings (SSSR count). The summed E-state index contributed by atoms with van der Waals surface area (Å²) >= 11 is 3.96. The van der Waals surface area contributed by atoms with E-state index in [9.17, 15) is 0 Å². The van der Waals surface area contributed by atoms with Gasteiger partial charge in [-0.2, -0.15) is 0 Å². The van der Waals surface area contributed by atoms with Crippen molar-refractivity contribution in [3.63, 3.8) is 0 Å². The normalized spacial score (nSPS) is 17.8. The summed E-state index contributed by atoms with van der Waals surface area (Å²) in [5.41, 5.74) is 12.5. The Balaban J connectivity index is 1.97. The average molecular weight is 379 g/mol. The molecule has 134 valence electrons. The van der Waals surface area contributed by atoms with E-state index in [1.807, 2.05) is 22.7 Å². The minimum absolute atomic E-state index is 0.0957. The molecule has 2 heteroatoms. The smallest absolute Gasteiger partial charge is 0.0392 e. The van der Waals surface area contributed by atoms with Crippen LogP contribution in [0.5, 0.6) is 0 Å². The third-order valence-corrected chi connectivity index (χ3v) is 8.90. The van der Waals surface area contributed by atoms with Gasteiger partial charge >= 0.3 is 0 Å². The predicted molar refractivity (Wildman–Crippen MR) is 116 cm³/mol. The van der Waals surface area contributed by atoms with Crippen molar-refractivity contribution >= 4 is 22.7 Å². The quantitative estimate of drug-likeness (QED) is 0.377. The van der Waals surface area contributed by atoms with Gasteiger partial charge in [0, 0.05) is 30.3 Å². The van der Waals surface area contributed by atoms with Crippen molar-refractivity contribution in [2.24, 2.45) is 0 Å². The van der Waals surface area contributed by atoms with Gasteiger partial charge in [0.25, 0.3) is 0 Å². The average Bonchev–Trinajstić information content (AvgIpc) is 3.19. The Kier molecular flexibility index (Phi) is 3.04. The fourth-order valence-electron chi connectivity index (χ4n) is 5.73. The van der Waals surface area contributed by atoms with Crippen LogP contribution in [0.25, 0.3) is 20.9 Å². The van der Waals surface area contributed by atoms with Gasteiger partial charge in [-0.05, 0) is 84.3 Å². The Morgan fingerprint density at radius 3 is 1.31 bits per heavy atom. The fraction of sp³-hybridized carbons (Fsp3) is 0.417. The molecule has 0 spiro atoms. The number of thiophene rings is 2. The van der Waals surface area contributed by atoms with Crippen molar-refractivity contribution in [1.82, 2.24) is 0 Å². The van der Waals surface area contributed by atoms with Crippen molar-refractivity contribution < 1.29 is 0 Å². The highest BCUT2D eigenvalue weighted by Crippen LogP contribution is 2.62. The summed E-state index contributed by atoms with van der Waals surface area (Å²) in [5.74, 6) is 0. The Morgan fingerprint density at radius 1 is 0.615 bits per heavy atom. The molecule has 0 saturated carbocycles. The topological polar surface area (TPSA) is 0 Å². The van der Waals surface area contributed by atoms with E-state index >= 15 is 0 Å². The molecule has 26 heavy (non-hydrogen) atoms. The number of benzene rings is 1. The van der Waals surface area contributed by atoms with Gasteiger partial charge in [-0.1, -0.05) is 27.7 Å². The highest BCUT2D eigenvalue weighted by molar-refractivity contribution is 7.16. The van der Waals surface area contributed by atoms with Crippen molar-refractivity contribution in [1.29, 1.82) is 0 Å². The van der Waals surface area contributed by atoms with Crippen LogP contribution in [-0.2, 0) is 10.8 Å². The van der Waals surface area contributed by atoms with Crippen LogP contribution in [0.3, 0.4) is 0 Å². The lowest BCUT2D eigenvalue weighted by atomic mass is 9.74. The summed E-state index contributed by atoms with van der Waals surface area (Å²) in [6.07, 6.45) is 0. The van der Waals surface area contributed by atoms with E-state index in [1.54, 1.807) is 22.3 Å². The van der Waals surface area contributed by atoms with Crippen LogP contribution in [0.2, 0.25) is 0 Å². The maximum Gasteiger partial charge on any atom is 0.0392 e. The van der Waals surface area contributed by atoms with E-state index in [1.165, 1.54) is 41.8 Å². The lowest BCUT2D eigenvalue weighted by Gasteiger charge is -2.29. The summed E-state index contributed by atoms with van der Waals surface area (Å²) in [6, 6.07) is 4.85. The third-order valence-electron chi connectivity index (χ3n) is 6.76. The molecule has 0 saturated heterocycles. The lowest BCUT2D eigenvalue weighted by Crippen LogP contribution is -2.20. The van der Waals surface area contributed by atoms with E-state index < -0.39 is 0 Å². The SMILES string of the molecule is Cc1cc2c(s1)-c1c(C)c3c(c(C)c1C2(C)C)-c1sc(C)cc1C3(C)C. The van der Waals surface area contributed by atoms with Gasteiger partial charge in [-0.15, -0.1) is 22.7 Å². The fourth-order valence-corrected chi connectivity index (χ4v) is 8.29. The number of fused-ring (bicyclic) bond motifs is 6. The molecule has 3 aromatic rings. The molecule has 1 aromatic carbocycles. The zero-order valence-corrected chi connectivity index (χ0v) is 18.6. The van der Waals surface area contributed by atoms with Crippen LogP contribution in [0.4, 0.5) is 0 Å². The summed E-state index contributed by atoms with van der Waals surface area (Å²) < 4.78 is 0. The van der Waals surface area contributed by atoms with Crippen LogP contribution < -0.4 is 0 Å². The van der Waals surface area contributed by atoms with Gasteiger partial charge in [-0.3, -0.25) is 0 Å². The van der Waals surface area contributed by atoms with Crippen LogP contribution in [-0.4, -0.2) is 0 Å². The summed E-state index contributed by atoms with van der Waals surface area (Å²) in [5, 5.41) is 0. The van der Waals surface area contributed by atoms with Crippen LogP contribution in [0.1, 0.15) is 70.8 Å². The molecule has 0 bridgehead atoms. The van der Waals surface area contributed by atoms with E-state index in [0.29, 0.717) is 0 Å². The highest BCUT2D eigenvalue weighted by atomic mass is 32.1. The summed E-state index contributed by atoms with van der Waals surface area (Å²) in [4.78, 5) is 5.90. The number of hydrogen-bond donors (Lipinski definition) is 0. The van der Waals surface area contributed by atoms with Gasteiger partial charge in [0.1, 0.15) is 0 Å². The number of rotatable bonds is 0. The Bertz CT molecular complexity index is 1030. The standard InChI is InChI=1S/C24H26S2/c1-11-9-15-21(25-11)17-13(3)20-18(14(4)19(17)23(15,5)6)22-16(24(20,7)8)10-12(2)26-22/h9-10H,1-8H3. The molecule has 2 aromatic heterocycles. The second-order valence-corrected chi connectivity index (χ2v) is 11.7. The van der Waals surface area contributed by atoms with Gasteiger partial charge in [-0.25, -0.2) is 0 Å². The highest BCUT2D eigenvalue weighted by Gasteiger charge is 2.46. The zero-order chi connectivity index (χ0) is 18.8. The van der Waals surface area contributed by atoms with Crippen molar-refractivity contribution in [3.05, 3.63) is 55.3 Å². The third kappa shape index (κ3) is 1.71. The van der Waals surface area contributed by atoms with Gasteiger partial charge in [0.05, 0.1) is 0 Å². The number of aryl methyl sites for hydroxylation is 2. The Labute approximate surface area is 164 Å². The molecule has 0 atom stereocenters. The van der Waals surface area contributed by atoms with Gasteiger partial charge in [0.2, 0.25) is 0 Å². The second kappa shape index (κ2) is 4.72. The molecule has 0 fully saturated rings. The van der Waals surface area contributed by atoms with Crippen molar-refractivity contribution in [2.75, 3.05) is 0 Å². The largest absolute Gasteiger partial charge is 0.140 e. The molecule has 2 aliphatic rings. The zero-order valence-electron chi connectivity index (χ0n) is 17.0. The summed E-state index contributed by atoms with van der Waals surface area (Å²) in [6.45, 7) is 18.9. The molecule has 0 nitrogen and oxygen atoms in total. The molecule has 2 aliphatic carbocycles. The first-order valence-electron chi connectivity index (χ1n) is 9.47. The first-order chi connectivity index (χ1) is 12.1. The number of hydrogen-bond acceptors (Lipinski definition) is 2.